The first-order chi connectivity index (χ1) is 13.7. The maximum Gasteiger partial charge on any atom is 0.251 e. The van der Waals surface area contributed by atoms with Crippen LogP contribution in [-0.2, 0) is 0 Å². The summed E-state index contributed by atoms with van der Waals surface area (Å²) in [5.74, 6) is 1.18. The smallest absolute Gasteiger partial charge is 0.251 e. The SMILES string of the molecule is C[C@@H](NC(=O)c1cccc(Oc2ccnc3ccccc23)c1)c1ccccc1. The Kier molecular flexibility index (Phi) is 5.02. The zero-order valence-corrected chi connectivity index (χ0v) is 15.5. The molecule has 0 spiro atoms. The quantitative estimate of drug-likeness (QED) is 0.505. The second-order valence-corrected chi connectivity index (χ2v) is 6.56. The zero-order chi connectivity index (χ0) is 19.3. The van der Waals surface area contributed by atoms with Crippen LogP contribution in [0.1, 0.15) is 28.9 Å². The molecule has 0 aliphatic carbocycles. The molecule has 4 nitrogen and oxygen atoms in total. The van der Waals surface area contributed by atoms with Gasteiger partial charge in [-0.1, -0.05) is 48.5 Å². The van der Waals surface area contributed by atoms with E-state index in [9.17, 15) is 4.79 Å². The van der Waals surface area contributed by atoms with E-state index in [1.165, 1.54) is 0 Å². The Balaban J connectivity index is 1.53. The Hall–Kier alpha value is -3.66. The molecule has 0 saturated carbocycles. The number of carbonyl (C=O) groups excluding carboxylic acids is 1. The van der Waals surface area contributed by atoms with Crippen LogP contribution in [0.25, 0.3) is 10.9 Å². The number of fused-ring (bicyclic) bond motifs is 1. The maximum absolute atomic E-state index is 12.7. The van der Waals surface area contributed by atoms with Crippen molar-refractivity contribution >= 4 is 16.8 Å². The number of para-hydroxylation sites is 1. The molecule has 28 heavy (non-hydrogen) atoms. The van der Waals surface area contributed by atoms with E-state index in [-0.39, 0.29) is 11.9 Å². The van der Waals surface area contributed by atoms with E-state index in [4.69, 9.17) is 4.74 Å². The van der Waals surface area contributed by atoms with Crippen molar-refractivity contribution in [2.24, 2.45) is 0 Å². The molecule has 1 heterocycles. The second kappa shape index (κ2) is 7.92. The minimum absolute atomic E-state index is 0.0811. The van der Waals surface area contributed by atoms with Crippen LogP contribution in [0.3, 0.4) is 0 Å². The molecule has 4 aromatic rings. The van der Waals surface area contributed by atoms with Crippen LogP contribution in [0.15, 0.2) is 91.1 Å². The summed E-state index contributed by atoms with van der Waals surface area (Å²) in [5.41, 5.74) is 2.48. The van der Waals surface area contributed by atoms with Crippen LogP contribution in [0.4, 0.5) is 0 Å². The van der Waals surface area contributed by atoms with Gasteiger partial charge in [-0.3, -0.25) is 9.78 Å². The van der Waals surface area contributed by atoms with Gasteiger partial charge in [0.1, 0.15) is 11.5 Å². The Morgan fingerprint density at radius 1 is 0.929 bits per heavy atom. The normalized spacial score (nSPS) is 11.8. The molecule has 0 bridgehead atoms. The molecular weight excluding hydrogens is 348 g/mol. The van der Waals surface area contributed by atoms with Gasteiger partial charge in [0.25, 0.3) is 5.91 Å². The fourth-order valence-electron chi connectivity index (χ4n) is 3.09. The van der Waals surface area contributed by atoms with Gasteiger partial charge in [0.2, 0.25) is 0 Å². The van der Waals surface area contributed by atoms with Gasteiger partial charge < -0.3 is 10.1 Å². The lowest BCUT2D eigenvalue weighted by Gasteiger charge is -2.15. The van der Waals surface area contributed by atoms with Crippen LogP contribution in [-0.4, -0.2) is 10.9 Å². The molecule has 0 fully saturated rings. The highest BCUT2D eigenvalue weighted by Crippen LogP contribution is 2.29. The van der Waals surface area contributed by atoms with Crippen LogP contribution in [0.2, 0.25) is 0 Å². The third-order valence-electron chi connectivity index (χ3n) is 4.58. The average molecular weight is 368 g/mol. The molecule has 1 N–H and O–H groups in total. The number of aromatic nitrogens is 1. The summed E-state index contributed by atoms with van der Waals surface area (Å²) in [6, 6.07) is 26.6. The molecule has 0 radical (unpaired) electrons. The van der Waals surface area contributed by atoms with Crippen molar-refractivity contribution in [3.05, 3.63) is 102 Å². The highest BCUT2D eigenvalue weighted by atomic mass is 16.5. The Bertz CT molecular complexity index is 1100. The van der Waals surface area contributed by atoms with Crippen molar-refractivity contribution in [2.45, 2.75) is 13.0 Å². The molecule has 4 heteroatoms. The number of amides is 1. The summed E-state index contributed by atoms with van der Waals surface area (Å²) in [6.45, 7) is 1.97. The highest BCUT2D eigenvalue weighted by molar-refractivity contribution is 5.95. The number of ether oxygens (including phenoxy) is 1. The zero-order valence-electron chi connectivity index (χ0n) is 15.5. The van der Waals surface area contributed by atoms with E-state index in [0.717, 1.165) is 16.5 Å². The molecular formula is C24H20N2O2. The molecule has 0 aliphatic rings. The van der Waals surface area contributed by atoms with Gasteiger partial charge in [0.15, 0.2) is 0 Å². The number of rotatable bonds is 5. The van der Waals surface area contributed by atoms with E-state index in [2.05, 4.69) is 10.3 Å². The third kappa shape index (κ3) is 3.86. The van der Waals surface area contributed by atoms with Crippen molar-refractivity contribution in [3.8, 4) is 11.5 Å². The van der Waals surface area contributed by atoms with Gasteiger partial charge in [-0.15, -0.1) is 0 Å². The summed E-state index contributed by atoms with van der Waals surface area (Å²) in [7, 11) is 0. The molecule has 3 aromatic carbocycles. The molecule has 1 aromatic heterocycles. The summed E-state index contributed by atoms with van der Waals surface area (Å²) in [5, 5.41) is 3.96. The van der Waals surface area contributed by atoms with Crippen molar-refractivity contribution in [1.82, 2.24) is 10.3 Å². The van der Waals surface area contributed by atoms with Gasteiger partial charge in [-0.25, -0.2) is 0 Å². The van der Waals surface area contributed by atoms with Gasteiger partial charge in [-0.05, 0) is 48.9 Å². The van der Waals surface area contributed by atoms with E-state index in [0.29, 0.717) is 17.1 Å². The van der Waals surface area contributed by atoms with Gasteiger partial charge in [0, 0.05) is 17.1 Å². The van der Waals surface area contributed by atoms with Gasteiger partial charge >= 0.3 is 0 Å². The lowest BCUT2D eigenvalue weighted by Crippen LogP contribution is -2.26. The second-order valence-electron chi connectivity index (χ2n) is 6.56. The first-order valence-electron chi connectivity index (χ1n) is 9.18. The van der Waals surface area contributed by atoms with Crippen LogP contribution in [0.5, 0.6) is 11.5 Å². The van der Waals surface area contributed by atoms with Crippen molar-refractivity contribution < 1.29 is 9.53 Å². The Morgan fingerprint density at radius 3 is 2.57 bits per heavy atom. The summed E-state index contributed by atoms with van der Waals surface area (Å²) in [6.07, 6.45) is 1.72. The van der Waals surface area contributed by atoms with Crippen LogP contribution in [0, 0.1) is 0 Å². The van der Waals surface area contributed by atoms with Crippen LogP contribution < -0.4 is 10.1 Å². The number of carbonyl (C=O) groups is 1. The summed E-state index contributed by atoms with van der Waals surface area (Å²) in [4.78, 5) is 17.0. The topological polar surface area (TPSA) is 51.2 Å². The van der Waals surface area contributed by atoms with E-state index in [1.54, 1.807) is 18.3 Å². The molecule has 0 aliphatic heterocycles. The minimum Gasteiger partial charge on any atom is -0.457 e. The Labute approximate surface area is 163 Å². The summed E-state index contributed by atoms with van der Waals surface area (Å²) >= 11 is 0. The fourth-order valence-corrected chi connectivity index (χ4v) is 3.09. The Morgan fingerprint density at radius 2 is 1.71 bits per heavy atom. The first-order valence-corrected chi connectivity index (χ1v) is 9.18. The number of hydrogen-bond acceptors (Lipinski definition) is 3. The molecule has 0 unspecified atom stereocenters. The molecule has 138 valence electrons. The summed E-state index contributed by atoms with van der Waals surface area (Å²) < 4.78 is 6.05. The third-order valence-corrected chi connectivity index (χ3v) is 4.58. The van der Waals surface area contributed by atoms with E-state index in [1.807, 2.05) is 79.7 Å². The van der Waals surface area contributed by atoms with Gasteiger partial charge in [-0.2, -0.15) is 0 Å². The molecule has 4 rings (SSSR count). The predicted molar refractivity (Wildman–Crippen MR) is 111 cm³/mol. The molecule has 1 atom stereocenters. The van der Waals surface area contributed by atoms with Crippen molar-refractivity contribution in [2.75, 3.05) is 0 Å². The molecule has 1 amide bonds. The fraction of sp³-hybridized carbons (Fsp3) is 0.0833. The lowest BCUT2D eigenvalue weighted by atomic mass is 10.1. The molecule has 0 saturated heterocycles. The number of benzene rings is 3. The largest absolute Gasteiger partial charge is 0.457 e. The number of hydrogen-bond donors (Lipinski definition) is 1. The van der Waals surface area contributed by atoms with E-state index < -0.39 is 0 Å². The number of nitrogens with zero attached hydrogens (tertiary/aromatic N) is 1. The first kappa shape index (κ1) is 17.7. The standard InChI is InChI=1S/C24H20N2O2/c1-17(18-8-3-2-4-9-18)26-24(27)19-10-7-11-20(16-19)28-23-14-15-25-22-13-6-5-12-21(22)23/h2-17H,1H3,(H,26,27)/t17-/m1/s1. The van der Waals surface area contributed by atoms with Gasteiger partial charge in [0.05, 0.1) is 11.6 Å². The maximum atomic E-state index is 12.7. The number of nitrogens with one attached hydrogen (secondary N) is 1. The highest BCUT2D eigenvalue weighted by Gasteiger charge is 2.12. The van der Waals surface area contributed by atoms with E-state index >= 15 is 0 Å². The van der Waals surface area contributed by atoms with Crippen molar-refractivity contribution in [3.63, 3.8) is 0 Å². The minimum atomic E-state index is -0.138. The lowest BCUT2D eigenvalue weighted by molar-refractivity contribution is 0.0939. The van der Waals surface area contributed by atoms with Crippen LogP contribution >= 0.6 is 0 Å². The number of pyridine rings is 1. The van der Waals surface area contributed by atoms with Crippen molar-refractivity contribution in [1.29, 1.82) is 0 Å². The predicted octanol–water partition coefficient (Wildman–Crippen LogP) is 5.52. The monoisotopic (exact) mass is 368 g/mol. The average Bonchev–Trinajstić information content (AvgIpc) is 2.75.